The van der Waals surface area contributed by atoms with Crippen molar-refractivity contribution in [2.24, 2.45) is 5.92 Å². The molecule has 0 spiro atoms. The normalized spacial score (nSPS) is 19.5. The van der Waals surface area contributed by atoms with E-state index >= 15 is 0 Å². The number of carbonyl (C=O) groups is 2. The minimum atomic E-state index is -0.0108. The number of nitrogens with one attached hydrogen (secondary N) is 1. The van der Waals surface area contributed by atoms with Crippen LogP contribution in [-0.2, 0) is 4.79 Å². The zero-order chi connectivity index (χ0) is 13.8. The Hall–Kier alpha value is -1.36. The summed E-state index contributed by atoms with van der Waals surface area (Å²) in [6, 6.07) is 3.83. The molecule has 1 N–H and O–H groups in total. The first-order chi connectivity index (χ1) is 9.08. The lowest BCUT2D eigenvalue weighted by molar-refractivity contribution is -0.125. The lowest BCUT2D eigenvalue weighted by Gasteiger charge is -2.33. The van der Waals surface area contributed by atoms with Crippen molar-refractivity contribution < 1.29 is 9.59 Å². The average Bonchev–Trinajstić information content (AvgIpc) is 2.92. The molecule has 5 heteroatoms. The van der Waals surface area contributed by atoms with Crippen molar-refractivity contribution in [2.45, 2.75) is 32.7 Å². The van der Waals surface area contributed by atoms with Gasteiger partial charge < -0.3 is 10.2 Å². The van der Waals surface area contributed by atoms with E-state index in [1.54, 1.807) is 0 Å². The fourth-order valence-electron chi connectivity index (χ4n) is 2.20. The van der Waals surface area contributed by atoms with Crippen LogP contribution in [0, 0.1) is 5.92 Å². The van der Waals surface area contributed by atoms with Crippen molar-refractivity contribution in [2.75, 3.05) is 13.1 Å². The van der Waals surface area contributed by atoms with Crippen molar-refractivity contribution in [3.8, 4) is 0 Å². The second-order valence-corrected chi connectivity index (χ2v) is 6.18. The molecule has 104 valence electrons. The van der Waals surface area contributed by atoms with E-state index in [0.717, 1.165) is 24.3 Å². The maximum atomic E-state index is 12.2. The molecule has 1 saturated heterocycles. The van der Waals surface area contributed by atoms with Crippen LogP contribution in [0.3, 0.4) is 0 Å². The standard InChI is InChI=1S/C14H20N2O2S/c1-10(2)13(17)15-11-5-3-7-16(9-11)14(18)12-6-4-8-19-12/h4,6,8,10-11H,3,5,7,9H2,1-2H3,(H,15,17). The number of thiophene rings is 1. The SMILES string of the molecule is CC(C)C(=O)NC1CCCN(C(=O)c2cccs2)C1. The van der Waals surface area contributed by atoms with Gasteiger partial charge in [-0.15, -0.1) is 11.3 Å². The first-order valence-electron chi connectivity index (χ1n) is 6.71. The summed E-state index contributed by atoms with van der Waals surface area (Å²) in [6.45, 7) is 5.17. The van der Waals surface area contributed by atoms with E-state index in [0.29, 0.717) is 6.54 Å². The summed E-state index contributed by atoms with van der Waals surface area (Å²) in [4.78, 5) is 26.6. The molecule has 0 aromatic carbocycles. The van der Waals surface area contributed by atoms with Gasteiger partial charge in [-0.3, -0.25) is 9.59 Å². The van der Waals surface area contributed by atoms with Gasteiger partial charge in [-0.1, -0.05) is 19.9 Å². The van der Waals surface area contributed by atoms with Crippen LogP contribution in [0.4, 0.5) is 0 Å². The van der Waals surface area contributed by atoms with Crippen LogP contribution in [0.1, 0.15) is 36.4 Å². The van der Waals surface area contributed by atoms with Gasteiger partial charge in [-0.05, 0) is 24.3 Å². The van der Waals surface area contributed by atoms with Gasteiger partial charge in [0.2, 0.25) is 5.91 Å². The molecule has 1 aliphatic rings. The summed E-state index contributed by atoms with van der Waals surface area (Å²) in [6.07, 6.45) is 1.90. The third kappa shape index (κ3) is 3.56. The molecule has 0 saturated carbocycles. The minimum Gasteiger partial charge on any atom is -0.351 e. The number of amides is 2. The van der Waals surface area contributed by atoms with E-state index in [-0.39, 0.29) is 23.8 Å². The van der Waals surface area contributed by atoms with Gasteiger partial charge in [0.1, 0.15) is 0 Å². The summed E-state index contributed by atoms with van der Waals surface area (Å²) in [5.41, 5.74) is 0. The number of rotatable bonds is 3. The summed E-state index contributed by atoms with van der Waals surface area (Å²) >= 11 is 1.47. The molecule has 0 aliphatic carbocycles. The smallest absolute Gasteiger partial charge is 0.263 e. The predicted molar refractivity (Wildman–Crippen MR) is 76.2 cm³/mol. The Balaban J connectivity index is 1.94. The maximum absolute atomic E-state index is 12.2. The largest absolute Gasteiger partial charge is 0.351 e. The number of hydrogen-bond donors (Lipinski definition) is 1. The molecular formula is C14H20N2O2S. The Morgan fingerprint density at radius 1 is 1.47 bits per heavy atom. The molecule has 1 unspecified atom stereocenters. The Bertz CT molecular complexity index is 442. The quantitative estimate of drug-likeness (QED) is 0.922. The zero-order valence-electron chi connectivity index (χ0n) is 11.4. The summed E-state index contributed by atoms with van der Waals surface area (Å²) < 4.78 is 0. The highest BCUT2D eigenvalue weighted by atomic mass is 32.1. The van der Waals surface area contributed by atoms with Crippen LogP contribution < -0.4 is 5.32 Å². The summed E-state index contributed by atoms with van der Waals surface area (Å²) in [7, 11) is 0. The lowest BCUT2D eigenvalue weighted by atomic mass is 10.0. The number of likely N-dealkylation sites (tertiary alicyclic amines) is 1. The van der Waals surface area contributed by atoms with Crippen molar-refractivity contribution in [1.29, 1.82) is 0 Å². The van der Waals surface area contributed by atoms with E-state index in [1.807, 2.05) is 36.3 Å². The van der Waals surface area contributed by atoms with Crippen molar-refractivity contribution >= 4 is 23.2 Å². The summed E-state index contributed by atoms with van der Waals surface area (Å²) in [5, 5.41) is 4.93. The van der Waals surface area contributed by atoms with Crippen molar-refractivity contribution in [3.05, 3.63) is 22.4 Å². The third-order valence-electron chi connectivity index (χ3n) is 3.31. The van der Waals surface area contributed by atoms with Crippen LogP contribution in [0.2, 0.25) is 0 Å². The summed E-state index contributed by atoms with van der Waals surface area (Å²) in [5.74, 6) is 0.136. The Labute approximate surface area is 117 Å². The van der Waals surface area contributed by atoms with E-state index in [4.69, 9.17) is 0 Å². The molecule has 19 heavy (non-hydrogen) atoms. The van der Waals surface area contributed by atoms with Gasteiger partial charge in [0.05, 0.1) is 4.88 Å². The van der Waals surface area contributed by atoms with Crippen LogP contribution in [0.25, 0.3) is 0 Å². The fourth-order valence-corrected chi connectivity index (χ4v) is 2.89. The molecule has 1 fully saturated rings. The highest BCUT2D eigenvalue weighted by molar-refractivity contribution is 7.12. The molecule has 2 heterocycles. The van der Waals surface area contributed by atoms with Gasteiger partial charge >= 0.3 is 0 Å². The average molecular weight is 280 g/mol. The van der Waals surface area contributed by atoms with E-state index in [2.05, 4.69) is 5.32 Å². The predicted octanol–water partition coefficient (Wildman–Crippen LogP) is 2.12. The second-order valence-electron chi connectivity index (χ2n) is 5.23. The molecule has 2 amide bonds. The first-order valence-corrected chi connectivity index (χ1v) is 7.59. The highest BCUT2D eigenvalue weighted by Gasteiger charge is 2.26. The molecule has 1 aliphatic heterocycles. The lowest BCUT2D eigenvalue weighted by Crippen LogP contribution is -2.50. The third-order valence-corrected chi connectivity index (χ3v) is 4.17. The maximum Gasteiger partial charge on any atom is 0.263 e. The molecule has 1 aromatic heterocycles. The zero-order valence-corrected chi connectivity index (χ0v) is 12.2. The topological polar surface area (TPSA) is 49.4 Å². The Morgan fingerprint density at radius 3 is 2.89 bits per heavy atom. The number of nitrogens with zero attached hydrogens (tertiary/aromatic N) is 1. The van der Waals surface area contributed by atoms with Crippen LogP contribution in [-0.4, -0.2) is 35.8 Å². The molecule has 4 nitrogen and oxygen atoms in total. The van der Waals surface area contributed by atoms with E-state index in [1.165, 1.54) is 11.3 Å². The Morgan fingerprint density at radius 2 is 2.26 bits per heavy atom. The van der Waals surface area contributed by atoms with Gasteiger partial charge in [0.15, 0.2) is 0 Å². The number of hydrogen-bond acceptors (Lipinski definition) is 3. The molecule has 2 rings (SSSR count). The van der Waals surface area contributed by atoms with Crippen LogP contribution >= 0.6 is 11.3 Å². The van der Waals surface area contributed by atoms with Gasteiger partial charge in [0.25, 0.3) is 5.91 Å². The van der Waals surface area contributed by atoms with Crippen LogP contribution in [0.5, 0.6) is 0 Å². The fraction of sp³-hybridized carbons (Fsp3) is 0.571. The van der Waals surface area contributed by atoms with Gasteiger partial charge in [0, 0.05) is 25.0 Å². The molecule has 1 atom stereocenters. The monoisotopic (exact) mass is 280 g/mol. The van der Waals surface area contributed by atoms with Crippen molar-refractivity contribution in [3.63, 3.8) is 0 Å². The van der Waals surface area contributed by atoms with Gasteiger partial charge in [-0.25, -0.2) is 0 Å². The molecule has 0 radical (unpaired) electrons. The molecule has 0 bridgehead atoms. The minimum absolute atomic E-state index is 0.0108. The number of carbonyl (C=O) groups excluding carboxylic acids is 2. The van der Waals surface area contributed by atoms with Gasteiger partial charge in [-0.2, -0.15) is 0 Å². The number of piperidine rings is 1. The van der Waals surface area contributed by atoms with Crippen molar-refractivity contribution in [1.82, 2.24) is 10.2 Å². The highest BCUT2D eigenvalue weighted by Crippen LogP contribution is 2.17. The van der Waals surface area contributed by atoms with E-state index < -0.39 is 0 Å². The second kappa shape index (κ2) is 6.19. The molecule has 1 aromatic rings. The first kappa shape index (κ1) is 14.1. The molecular weight excluding hydrogens is 260 g/mol. The van der Waals surface area contributed by atoms with E-state index in [9.17, 15) is 9.59 Å². The Kier molecular flexibility index (Phi) is 4.58. The van der Waals surface area contributed by atoms with Crippen LogP contribution in [0.15, 0.2) is 17.5 Å².